The lowest BCUT2D eigenvalue weighted by Crippen LogP contribution is -1.94. The van der Waals surface area contributed by atoms with Crippen molar-refractivity contribution in [3.05, 3.63) is 32.9 Å². The molecule has 5 heteroatoms. The normalized spacial score (nSPS) is 10.7. The van der Waals surface area contributed by atoms with Crippen LogP contribution in [0, 0.1) is 11.3 Å². The van der Waals surface area contributed by atoms with E-state index < -0.39 is 0 Å². The van der Waals surface area contributed by atoms with Crippen LogP contribution in [-0.2, 0) is 6.54 Å². The maximum atomic E-state index is 9.06. The summed E-state index contributed by atoms with van der Waals surface area (Å²) in [6, 6.07) is 5.52. The van der Waals surface area contributed by atoms with Gasteiger partial charge in [0.1, 0.15) is 11.2 Å². The molecule has 1 aromatic carbocycles. The highest BCUT2D eigenvalue weighted by Crippen LogP contribution is 2.37. The Balaban J connectivity index is 3.02. The Labute approximate surface area is 108 Å². The summed E-state index contributed by atoms with van der Waals surface area (Å²) in [5, 5.41) is 11.1. The number of benzene rings is 1. The average Bonchev–Trinajstić information content (AvgIpc) is 2.56. The van der Waals surface area contributed by atoms with Gasteiger partial charge in [-0.25, -0.2) is 0 Å². The lowest BCUT2D eigenvalue weighted by atomic mass is 10.2. The van der Waals surface area contributed by atoms with E-state index in [0.29, 0.717) is 27.3 Å². The van der Waals surface area contributed by atoms with Crippen LogP contribution in [0.15, 0.2) is 12.1 Å². The lowest BCUT2D eigenvalue weighted by molar-refractivity contribution is 0.798. The van der Waals surface area contributed by atoms with Crippen LogP contribution in [-0.4, -0.2) is 4.57 Å². The zero-order valence-corrected chi connectivity index (χ0v) is 10.7. The summed E-state index contributed by atoms with van der Waals surface area (Å²) in [6.07, 6.45) is 0. The number of halogens is 3. The molecule has 0 bridgehead atoms. The third-order valence-electron chi connectivity index (χ3n) is 2.48. The van der Waals surface area contributed by atoms with E-state index in [1.54, 1.807) is 16.7 Å². The molecule has 0 saturated heterocycles. The fourth-order valence-corrected chi connectivity index (χ4v) is 2.52. The van der Waals surface area contributed by atoms with Crippen LogP contribution < -0.4 is 0 Å². The molecular formula is C11H7Cl3N2. The quantitative estimate of drug-likeness (QED) is 0.752. The zero-order chi connectivity index (χ0) is 11.9. The molecule has 0 aliphatic rings. The Kier molecular flexibility index (Phi) is 3.03. The van der Waals surface area contributed by atoms with Gasteiger partial charge in [-0.05, 0) is 19.1 Å². The van der Waals surface area contributed by atoms with Crippen molar-refractivity contribution in [1.29, 1.82) is 5.26 Å². The van der Waals surface area contributed by atoms with Crippen LogP contribution in [0.4, 0.5) is 0 Å². The summed E-state index contributed by atoms with van der Waals surface area (Å²) in [7, 11) is 0. The van der Waals surface area contributed by atoms with Gasteiger partial charge < -0.3 is 4.57 Å². The van der Waals surface area contributed by atoms with E-state index in [4.69, 9.17) is 40.1 Å². The molecule has 0 fully saturated rings. The Morgan fingerprint density at radius 2 is 2.00 bits per heavy atom. The predicted molar refractivity (Wildman–Crippen MR) is 67.4 cm³/mol. The highest BCUT2D eigenvalue weighted by Gasteiger charge is 2.18. The second-order valence-electron chi connectivity index (χ2n) is 3.28. The van der Waals surface area contributed by atoms with Crippen molar-refractivity contribution in [2.45, 2.75) is 13.5 Å². The van der Waals surface area contributed by atoms with Crippen molar-refractivity contribution in [2.24, 2.45) is 0 Å². The molecule has 2 nitrogen and oxygen atoms in total. The third-order valence-corrected chi connectivity index (χ3v) is 3.67. The number of aromatic nitrogens is 1. The van der Waals surface area contributed by atoms with Crippen molar-refractivity contribution in [3.8, 4) is 6.07 Å². The smallest absolute Gasteiger partial charge is 0.128 e. The zero-order valence-electron chi connectivity index (χ0n) is 8.39. The number of rotatable bonds is 1. The van der Waals surface area contributed by atoms with Gasteiger partial charge in [0.15, 0.2) is 0 Å². The fourth-order valence-electron chi connectivity index (χ4n) is 1.75. The first-order chi connectivity index (χ1) is 7.61. The van der Waals surface area contributed by atoms with Gasteiger partial charge in [-0.2, -0.15) is 5.26 Å². The van der Waals surface area contributed by atoms with Crippen molar-refractivity contribution in [2.75, 3.05) is 0 Å². The first-order valence-electron chi connectivity index (χ1n) is 4.67. The molecule has 2 rings (SSSR count). The third kappa shape index (κ3) is 1.48. The van der Waals surface area contributed by atoms with E-state index in [2.05, 4.69) is 6.07 Å². The van der Waals surface area contributed by atoms with Crippen molar-refractivity contribution in [1.82, 2.24) is 4.57 Å². The monoisotopic (exact) mass is 272 g/mol. The van der Waals surface area contributed by atoms with Gasteiger partial charge in [-0.1, -0.05) is 34.8 Å². The molecule has 1 aromatic heterocycles. The number of nitrogens with zero attached hydrogens (tertiary/aromatic N) is 2. The molecule has 0 radical (unpaired) electrons. The Morgan fingerprint density at radius 3 is 2.56 bits per heavy atom. The van der Waals surface area contributed by atoms with Gasteiger partial charge >= 0.3 is 0 Å². The van der Waals surface area contributed by atoms with E-state index in [1.807, 2.05) is 6.92 Å². The number of hydrogen-bond donors (Lipinski definition) is 0. The maximum Gasteiger partial charge on any atom is 0.128 e. The van der Waals surface area contributed by atoms with Crippen LogP contribution in [0.3, 0.4) is 0 Å². The van der Waals surface area contributed by atoms with Gasteiger partial charge in [-0.3, -0.25) is 0 Å². The van der Waals surface area contributed by atoms with E-state index in [9.17, 15) is 0 Å². The second kappa shape index (κ2) is 4.18. The van der Waals surface area contributed by atoms with Crippen LogP contribution in [0.2, 0.25) is 15.2 Å². The Morgan fingerprint density at radius 1 is 1.31 bits per heavy atom. The molecular weight excluding hydrogens is 266 g/mol. The van der Waals surface area contributed by atoms with Crippen LogP contribution >= 0.6 is 34.8 Å². The molecule has 0 spiro atoms. The summed E-state index contributed by atoms with van der Waals surface area (Å²) >= 11 is 18.2. The van der Waals surface area contributed by atoms with Crippen LogP contribution in [0.5, 0.6) is 0 Å². The minimum atomic E-state index is 0.407. The van der Waals surface area contributed by atoms with E-state index in [-0.39, 0.29) is 0 Å². The van der Waals surface area contributed by atoms with Gasteiger partial charge in [0.05, 0.1) is 21.1 Å². The van der Waals surface area contributed by atoms with E-state index in [1.165, 1.54) is 0 Å². The average molecular weight is 274 g/mol. The molecule has 2 aromatic rings. The molecule has 0 unspecified atom stereocenters. The molecule has 0 aliphatic carbocycles. The number of fused-ring (bicyclic) bond motifs is 1. The standard InChI is InChI=1S/C11H7Cl3N2/c1-2-16-10-6(7(5-15)11(16)14)3-4-8(12)9(10)13/h3-4H,2H2,1H3. The van der Waals surface area contributed by atoms with Gasteiger partial charge in [0.25, 0.3) is 0 Å². The second-order valence-corrected chi connectivity index (χ2v) is 4.42. The summed E-state index contributed by atoms with van der Waals surface area (Å²) in [5.41, 5.74) is 1.16. The van der Waals surface area contributed by atoms with Gasteiger partial charge in [0, 0.05) is 11.9 Å². The van der Waals surface area contributed by atoms with Gasteiger partial charge in [0.2, 0.25) is 0 Å². The minimum Gasteiger partial charge on any atom is -0.329 e. The van der Waals surface area contributed by atoms with Gasteiger partial charge in [-0.15, -0.1) is 0 Å². The molecule has 82 valence electrons. The largest absolute Gasteiger partial charge is 0.329 e. The summed E-state index contributed by atoms with van der Waals surface area (Å²) in [4.78, 5) is 0. The van der Waals surface area contributed by atoms with E-state index in [0.717, 1.165) is 10.9 Å². The predicted octanol–water partition coefficient (Wildman–Crippen LogP) is 4.49. The molecule has 16 heavy (non-hydrogen) atoms. The summed E-state index contributed by atoms with van der Waals surface area (Å²) in [5.74, 6) is 0. The number of hydrogen-bond acceptors (Lipinski definition) is 1. The maximum absolute atomic E-state index is 9.06. The summed E-state index contributed by atoms with van der Waals surface area (Å²) < 4.78 is 1.78. The molecule has 0 N–H and O–H groups in total. The molecule has 0 aliphatic heterocycles. The SMILES string of the molecule is CCn1c(Cl)c(C#N)c2ccc(Cl)c(Cl)c21. The highest BCUT2D eigenvalue weighted by molar-refractivity contribution is 6.45. The first-order valence-corrected chi connectivity index (χ1v) is 5.81. The topological polar surface area (TPSA) is 28.7 Å². The highest BCUT2D eigenvalue weighted by atomic mass is 35.5. The number of aryl methyl sites for hydroxylation is 1. The van der Waals surface area contributed by atoms with Crippen molar-refractivity contribution in [3.63, 3.8) is 0 Å². The fraction of sp³-hybridized carbons (Fsp3) is 0.182. The van der Waals surface area contributed by atoms with Crippen molar-refractivity contribution >= 4 is 45.7 Å². The minimum absolute atomic E-state index is 0.407. The Bertz CT molecular complexity index is 608. The Hall–Kier alpha value is -0.880. The molecule has 1 heterocycles. The van der Waals surface area contributed by atoms with Crippen LogP contribution in [0.1, 0.15) is 12.5 Å². The first kappa shape index (κ1) is 11.6. The molecule has 0 atom stereocenters. The van der Waals surface area contributed by atoms with Crippen LogP contribution in [0.25, 0.3) is 10.9 Å². The molecule has 0 amide bonds. The summed E-state index contributed by atoms with van der Waals surface area (Å²) in [6.45, 7) is 2.57. The van der Waals surface area contributed by atoms with E-state index >= 15 is 0 Å². The number of nitriles is 1. The van der Waals surface area contributed by atoms with Crippen molar-refractivity contribution < 1.29 is 0 Å². The lowest BCUT2D eigenvalue weighted by Gasteiger charge is -2.04. The molecule has 0 saturated carbocycles.